The zero-order valence-corrected chi connectivity index (χ0v) is 13.0. The Morgan fingerprint density at radius 3 is 2.81 bits per heavy atom. The Balaban J connectivity index is 1.68. The van der Waals surface area contributed by atoms with E-state index in [0.717, 1.165) is 24.1 Å². The number of H-pyrrole nitrogens is 1. The molecule has 1 aromatic carbocycles. The van der Waals surface area contributed by atoms with Crippen LogP contribution in [-0.4, -0.2) is 16.2 Å². The Hall–Kier alpha value is -1.61. The van der Waals surface area contributed by atoms with Crippen molar-refractivity contribution in [3.05, 3.63) is 42.1 Å². The SMILES string of the molecule is CC1CCCC(NCc2cn[nH]c2-c2ccccc2)C1C. The summed E-state index contributed by atoms with van der Waals surface area (Å²) < 4.78 is 0. The van der Waals surface area contributed by atoms with E-state index in [-0.39, 0.29) is 0 Å². The van der Waals surface area contributed by atoms with Gasteiger partial charge in [-0.15, -0.1) is 0 Å². The van der Waals surface area contributed by atoms with Gasteiger partial charge in [0, 0.05) is 18.2 Å². The fraction of sp³-hybridized carbons (Fsp3) is 0.500. The zero-order chi connectivity index (χ0) is 14.7. The Bertz CT molecular complexity index is 561. The molecule has 1 saturated carbocycles. The molecule has 3 unspecified atom stereocenters. The van der Waals surface area contributed by atoms with Crippen molar-refractivity contribution in [1.29, 1.82) is 0 Å². The first-order valence-corrected chi connectivity index (χ1v) is 8.06. The molecule has 2 aromatic rings. The van der Waals surface area contributed by atoms with Gasteiger partial charge < -0.3 is 5.32 Å². The summed E-state index contributed by atoms with van der Waals surface area (Å²) in [4.78, 5) is 0. The highest BCUT2D eigenvalue weighted by atomic mass is 15.1. The molecule has 0 spiro atoms. The van der Waals surface area contributed by atoms with Gasteiger partial charge in [0.15, 0.2) is 0 Å². The van der Waals surface area contributed by atoms with E-state index in [0.29, 0.717) is 6.04 Å². The van der Waals surface area contributed by atoms with Crippen molar-refractivity contribution >= 4 is 0 Å². The van der Waals surface area contributed by atoms with Gasteiger partial charge >= 0.3 is 0 Å². The number of aromatic nitrogens is 2. The van der Waals surface area contributed by atoms with E-state index in [1.165, 1.54) is 30.4 Å². The van der Waals surface area contributed by atoms with Gasteiger partial charge in [0.05, 0.1) is 11.9 Å². The van der Waals surface area contributed by atoms with Crippen LogP contribution in [0.5, 0.6) is 0 Å². The number of hydrogen-bond donors (Lipinski definition) is 2. The predicted octanol–water partition coefficient (Wildman–Crippen LogP) is 3.99. The fourth-order valence-electron chi connectivity index (χ4n) is 3.41. The minimum Gasteiger partial charge on any atom is -0.310 e. The van der Waals surface area contributed by atoms with Gasteiger partial charge in [-0.2, -0.15) is 5.10 Å². The Labute approximate surface area is 127 Å². The second kappa shape index (κ2) is 6.44. The molecule has 0 bridgehead atoms. The highest BCUT2D eigenvalue weighted by molar-refractivity contribution is 5.62. The van der Waals surface area contributed by atoms with Crippen molar-refractivity contribution in [2.24, 2.45) is 11.8 Å². The lowest BCUT2D eigenvalue weighted by molar-refractivity contribution is 0.206. The lowest BCUT2D eigenvalue weighted by Gasteiger charge is -2.34. The number of nitrogens with one attached hydrogen (secondary N) is 2. The molecule has 1 fully saturated rings. The van der Waals surface area contributed by atoms with E-state index in [1.807, 2.05) is 12.3 Å². The summed E-state index contributed by atoms with van der Waals surface area (Å²) in [6.45, 7) is 5.66. The smallest absolute Gasteiger partial charge is 0.0695 e. The highest BCUT2D eigenvalue weighted by Crippen LogP contribution is 2.30. The van der Waals surface area contributed by atoms with Crippen molar-refractivity contribution in [2.75, 3.05) is 0 Å². The zero-order valence-electron chi connectivity index (χ0n) is 13.0. The van der Waals surface area contributed by atoms with Crippen LogP contribution >= 0.6 is 0 Å². The molecule has 0 radical (unpaired) electrons. The van der Waals surface area contributed by atoms with Crippen molar-refractivity contribution in [3.8, 4) is 11.3 Å². The molecule has 1 aliphatic rings. The number of rotatable bonds is 4. The molecule has 1 aliphatic carbocycles. The standard InChI is InChI=1S/C18H25N3/c1-13-7-6-10-17(14(13)2)19-11-16-12-20-21-18(16)15-8-4-3-5-9-15/h3-5,8-9,12-14,17,19H,6-7,10-11H2,1-2H3,(H,20,21). The van der Waals surface area contributed by atoms with E-state index in [9.17, 15) is 0 Å². The van der Waals surface area contributed by atoms with E-state index < -0.39 is 0 Å². The number of nitrogens with zero attached hydrogens (tertiary/aromatic N) is 1. The van der Waals surface area contributed by atoms with Crippen LogP contribution in [0, 0.1) is 11.8 Å². The maximum absolute atomic E-state index is 4.23. The molecule has 112 valence electrons. The Morgan fingerprint density at radius 1 is 1.19 bits per heavy atom. The highest BCUT2D eigenvalue weighted by Gasteiger charge is 2.26. The minimum atomic E-state index is 0.632. The molecule has 1 heterocycles. The second-order valence-electron chi connectivity index (χ2n) is 6.39. The van der Waals surface area contributed by atoms with E-state index >= 15 is 0 Å². The number of hydrogen-bond acceptors (Lipinski definition) is 2. The molecular formula is C18H25N3. The molecule has 0 saturated heterocycles. The van der Waals surface area contributed by atoms with Gasteiger partial charge in [0.1, 0.15) is 0 Å². The van der Waals surface area contributed by atoms with Crippen molar-refractivity contribution in [1.82, 2.24) is 15.5 Å². The van der Waals surface area contributed by atoms with Crippen molar-refractivity contribution in [3.63, 3.8) is 0 Å². The van der Waals surface area contributed by atoms with Crippen LogP contribution in [0.25, 0.3) is 11.3 Å². The molecule has 1 aromatic heterocycles. The first-order chi connectivity index (χ1) is 10.3. The molecular weight excluding hydrogens is 258 g/mol. The van der Waals surface area contributed by atoms with Crippen LogP contribution in [0.1, 0.15) is 38.7 Å². The third kappa shape index (κ3) is 3.18. The van der Waals surface area contributed by atoms with Crippen LogP contribution < -0.4 is 5.32 Å². The molecule has 3 nitrogen and oxygen atoms in total. The van der Waals surface area contributed by atoms with Crippen LogP contribution in [0.15, 0.2) is 36.5 Å². The third-order valence-electron chi connectivity index (χ3n) is 5.04. The third-order valence-corrected chi connectivity index (χ3v) is 5.04. The second-order valence-corrected chi connectivity index (χ2v) is 6.39. The first kappa shape index (κ1) is 14.3. The summed E-state index contributed by atoms with van der Waals surface area (Å²) in [5, 5.41) is 11.1. The average Bonchev–Trinajstić information content (AvgIpc) is 2.98. The molecule has 3 heteroatoms. The number of aromatic amines is 1. The number of benzene rings is 1. The van der Waals surface area contributed by atoms with Gasteiger partial charge in [0.25, 0.3) is 0 Å². The van der Waals surface area contributed by atoms with Crippen LogP contribution in [0.4, 0.5) is 0 Å². The Kier molecular flexibility index (Phi) is 4.39. The largest absolute Gasteiger partial charge is 0.310 e. The molecule has 2 N–H and O–H groups in total. The maximum atomic E-state index is 4.23. The lowest BCUT2D eigenvalue weighted by Crippen LogP contribution is -2.40. The molecule has 3 rings (SSSR count). The summed E-state index contributed by atoms with van der Waals surface area (Å²) in [7, 11) is 0. The summed E-state index contributed by atoms with van der Waals surface area (Å²) in [6, 6.07) is 11.1. The van der Waals surface area contributed by atoms with E-state index in [4.69, 9.17) is 0 Å². The molecule has 0 aliphatic heterocycles. The quantitative estimate of drug-likeness (QED) is 0.890. The molecule has 3 atom stereocenters. The average molecular weight is 283 g/mol. The Morgan fingerprint density at radius 2 is 2.00 bits per heavy atom. The van der Waals surface area contributed by atoms with E-state index in [2.05, 4.69) is 53.6 Å². The minimum absolute atomic E-state index is 0.632. The van der Waals surface area contributed by atoms with Gasteiger partial charge in [-0.05, 0) is 23.8 Å². The summed E-state index contributed by atoms with van der Waals surface area (Å²) in [6.07, 6.45) is 5.97. The first-order valence-electron chi connectivity index (χ1n) is 8.06. The summed E-state index contributed by atoms with van der Waals surface area (Å²) >= 11 is 0. The van der Waals surface area contributed by atoms with Crippen LogP contribution in [0.2, 0.25) is 0 Å². The predicted molar refractivity (Wildman–Crippen MR) is 86.8 cm³/mol. The normalized spacial score (nSPS) is 25.9. The monoisotopic (exact) mass is 283 g/mol. The van der Waals surface area contributed by atoms with E-state index in [1.54, 1.807) is 0 Å². The molecule has 21 heavy (non-hydrogen) atoms. The summed E-state index contributed by atoms with van der Waals surface area (Å²) in [5.41, 5.74) is 3.60. The molecule has 0 amide bonds. The topological polar surface area (TPSA) is 40.7 Å². The van der Waals surface area contributed by atoms with Crippen LogP contribution in [-0.2, 0) is 6.54 Å². The van der Waals surface area contributed by atoms with Crippen LogP contribution in [0.3, 0.4) is 0 Å². The van der Waals surface area contributed by atoms with Gasteiger partial charge in [-0.25, -0.2) is 0 Å². The lowest BCUT2D eigenvalue weighted by atomic mass is 9.78. The fourth-order valence-corrected chi connectivity index (χ4v) is 3.41. The van der Waals surface area contributed by atoms with Gasteiger partial charge in [-0.3, -0.25) is 5.10 Å². The van der Waals surface area contributed by atoms with Gasteiger partial charge in [0.2, 0.25) is 0 Å². The van der Waals surface area contributed by atoms with Gasteiger partial charge in [-0.1, -0.05) is 57.0 Å². The maximum Gasteiger partial charge on any atom is 0.0695 e. The van der Waals surface area contributed by atoms with Crippen molar-refractivity contribution < 1.29 is 0 Å². The summed E-state index contributed by atoms with van der Waals surface area (Å²) in [5.74, 6) is 1.58. The van der Waals surface area contributed by atoms with Crippen molar-refractivity contribution in [2.45, 2.75) is 45.7 Å².